The molecule has 1 saturated heterocycles. The third-order valence-corrected chi connectivity index (χ3v) is 2.11. The van der Waals surface area contributed by atoms with Crippen LogP contribution in [-0.2, 0) is 4.74 Å². The van der Waals surface area contributed by atoms with Gasteiger partial charge in [0.15, 0.2) is 12.0 Å². The van der Waals surface area contributed by atoms with Crippen LogP contribution in [0.4, 0.5) is 5.82 Å². The standard InChI is InChI=1S/C7H12N4O2/c8-6-3-11(10-9-6)7-2-1-5(4-12)13-7/h3,5,7,12H,1-2,4,8H2/t5-,7-/m0/s1. The fraction of sp³-hybridized carbons (Fsp3) is 0.714. The van der Waals surface area contributed by atoms with Gasteiger partial charge in [-0.1, -0.05) is 5.21 Å². The quantitative estimate of drug-likeness (QED) is 0.649. The Bertz CT molecular complexity index is 288. The van der Waals surface area contributed by atoms with Crippen LogP contribution < -0.4 is 5.73 Å². The molecule has 2 heterocycles. The second-order valence-electron chi connectivity index (χ2n) is 3.10. The number of aliphatic hydroxyl groups is 1. The third-order valence-electron chi connectivity index (χ3n) is 2.11. The van der Waals surface area contributed by atoms with Crippen molar-refractivity contribution in [3.8, 4) is 0 Å². The van der Waals surface area contributed by atoms with Crippen molar-refractivity contribution in [2.75, 3.05) is 12.3 Å². The molecule has 0 aromatic carbocycles. The van der Waals surface area contributed by atoms with Gasteiger partial charge in [-0.05, 0) is 12.8 Å². The summed E-state index contributed by atoms with van der Waals surface area (Å²) in [5.41, 5.74) is 5.41. The zero-order valence-electron chi connectivity index (χ0n) is 7.13. The Kier molecular flexibility index (Phi) is 2.15. The van der Waals surface area contributed by atoms with E-state index in [9.17, 15) is 0 Å². The predicted molar refractivity (Wildman–Crippen MR) is 44.7 cm³/mol. The Morgan fingerprint density at radius 3 is 3.08 bits per heavy atom. The summed E-state index contributed by atoms with van der Waals surface area (Å²) in [7, 11) is 0. The van der Waals surface area contributed by atoms with E-state index in [1.807, 2.05) is 0 Å². The highest BCUT2D eigenvalue weighted by molar-refractivity contribution is 5.19. The highest BCUT2D eigenvalue weighted by Gasteiger charge is 2.26. The maximum Gasteiger partial charge on any atom is 0.166 e. The van der Waals surface area contributed by atoms with Crippen LogP contribution in [0.2, 0.25) is 0 Å². The zero-order chi connectivity index (χ0) is 9.26. The summed E-state index contributed by atoms with van der Waals surface area (Å²) in [5, 5.41) is 16.3. The molecule has 0 unspecified atom stereocenters. The average Bonchev–Trinajstić information content (AvgIpc) is 2.71. The Hall–Kier alpha value is -1.14. The molecule has 6 heteroatoms. The summed E-state index contributed by atoms with van der Waals surface area (Å²) < 4.78 is 7.05. The van der Waals surface area contributed by atoms with Crippen LogP contribution in [0.5, 0.6) is 0 Å². The molecule has 0 saturated carbocycles. The summed E-state index contributed by atoms with van der Waals surface area (Å²) in [6.07, 6.45) is 3.12. The number of nitrogens with two attached hydrogens (primary N) is 1. The lowest BCUT2D eigenvalue weighted by molar-refractivity contribution is -0.0289. The lowest BCUT2D eigenvalue weighted by atomic mass is 10.2. The number of hydrogen-bond acceptors (Lipinski definition) is 5. The van der Waals surface area contributed by atoms with Gasteiger partial charge in [0.25, 0.3) is 0 Å². The van der Waals surface area contributed by atoms with Crippen LogP contribution in [0.3, 0.4) is 0 Å². The van der Waals surface area contributed by atoms with E-state index < -0.39 is 0 Å². The van der Waals surface area contributed by atoms with Gasteiger partial charge in [-0.3, -0.25) is 0 Å². The van der Waals surface area contributed by atoms with E-state index in [4.69, 9.17) is 15.6 Å². The first-order valence-corrected chi connectivity index (χ1v) is 4.23. The van der Waals surface area contributed by atoms with Crippen molar-refractivity contribution in [2.45, 2.75) is 25.2 Å². The predicted octanol–water partition coefficient (Wildman–Crippen LogP) is -0.470. The number of nitrogens with zero attached hydrogens (tertiary/aromatic N) is 3. The average molecular weight is 184 g/mol. The molecule has 0 aliphatic carbocycles. The minimum Gasteiger partial charge on any atom is -0.394 e. The van der Waals surface area contributed by atoms with Gasteiger partial charge in [-0.25, -0.2) is 4.68 Å². The molecule has 0 radical (unpaired) electrons. The molecule has 3 N–H and O–H groups in total. The molecule has 1 aromatic heterocycles. The molecule has 2 rings (SSSR count). The number of rotatable bonds is 2. The van der Waals surface area contributed by atoms with Crippen LogP contribution >= 0.6 is 0 Å². The number of nitrogen functional groups attached to an aromatic ring is 1. The molecule has 1 aliphatic heterocycles. The lowest BCUT2D eigenvalue weighted by Crippen LogP contribution is -2.14. The molecule has 13 heavy (non-hydrogen) atoms. The van der Waals surface area contributed by atoms with E-state index in [0.29, 0.717) is 5.82 Å². The van der Waals surface area contributed by atoms with Crippen LogP contribution in [-0.4, -0.2) is 32.8 Å². The molecule has 0 bridgehead atoms. The molecule has 1 fully saturated rings. The second kappa shape index (κ2) is 3.31. The van der Waals surface area contributed by atoms with Gasteiger partial charge in [0.1, 0.15) is 0 Å². The Morgan fingerprint density at radius 1 is 1.69 bits per heavy atom. The van der Waals surface area contributed by atoms with E-state index in [1.165, 1.54) is 0 Å². The van der Waals surface area contributed by atoms with E-state index in [-0.39, 0.29) is 18.9 Å². The highest BCUT2D eigenvalue weighted by Crippen LogP contribution is 2.27. The molecule has 72 valence electrons. The van der Waals surface area contributed by atoms with Gasteiger partial charge in [0.05, 0.1) is 18.9 Å². The van der Waals surface area contributed by atoms with Crippen molar-refractivity contribution in [3.63, 3.8) is 0 Å². The number of anilines is 1. The van der Waals surface area contributed by atoms with Gasteiger partial charge >= 0.3 is 0 Å². The van der Waals surface area contributed by atoms with Crippen molar-refractivity contribution in [3.05, 3.63) is 6.20 Å². The van der Waals surface area contributed by atoms with Gasteiger partial charge in [-0.2, -0.15) is 0 Å². The zero-order valence-corrected chi connectivity index (χ0v) is 7.13. The summed E-state index contributed by atoms with van der Waals surface area (Å²) in [6.45, 7) is 0.0562. The summed E-state index contributed by atoms with van der Waals surface area (Å²) >= 11 is 0. The Balaban J connectivity index is 2.03. The third kappa shape index (κ3) is 1.63. The maximum absolute atomic E-state index is 8.84. The SMILES string of the molecule is Nc1cn([C@@H]2CC[C@@H](CO)O2)nn1. The molecule has 2 atom stereocenters. The summed E-state index contributed by atoms with van der Waals surface area (Å²) in [6, 6.07) is 0. The highest BCUT2D eigenvalue weighted by atomic mass is 16.5. The molecular formula is C7H12N4O2. The topological polar surface area (TPSA) is 86.2 Å². The lowest BCUT2D eigenvalue weighted by Gasteiger charge is -2.10. The normalized spacial score (nSPS) is 28.1. The minimum absolute atomic E-state index is 0.0562. The monoisotopic (exact) mass is 184 g/mol. The minimum atomic E-state index is -0.123. The Labute approximate surface area is 75.3 Å². The molecular weight excluding hydrogens is 172 g/mol. The fourth-order valence-corrected chi connectivity index (χ4v) is 1.45. The first-order chi connectivity index (χ1) is 6.29. The van der Waals surface area contributed by atoms with Crippen molar-refractivity contribution in [1.82, 2.24) is 15.0 Å². The first-order valence-electron chi connectivity index (χ1n) is 4.23. The van der Waals surface area contributed by atoms with Crippen LogP contribution in [0, 0.1) is 0 Å². The van der Waals surface area contributed by atoms with Crippen LogP contribution in [0.25, 0.3) is 0 Å². The molecule has 0 spiro atoms. The smallest absolute Gasteiger partial charge is 0.166 e. The molecule has 6 nitrogen and oxygen atoms in total. The molecule has 1 aliphatic rings. The second-order valence-corrected chi connectivity index (χ2v) is 3.10. The van der Waals surface area contributed by atoms with Gasteiger partial charge in [0.2, 0.25) is 0 Å². The van der Waals surface area contributed by atoms with Gasteiger partial charge in [0, 0.05) is 0 Å². The fourth-order valence-electron chi connectivity index (χ4n) is 1.45. The molecule has 0 amide bonds. The number of ether oxygens (including phenoxy) is 1. The summed E-state index contributed by atoms with van der Waals surface area (Å²) in [4.78, 5) is 0. The van der Waals surface area contributed by atoms with E-state index in [0.717, 1.165) is 12.8 Å². The van der Waals surface area contributed by atoms with Crippen molar-refractivity contribution in [1.29, 1.82) is 0 Å². The summed E-state index contributed by atoms with van der Waals surface area (Å²) in [5.74, 6) is 0.385. The van der Waals surface area contributed by atoms with E-state index >= 15 is 0 Å². The van der Waals surface area contributed by atoms with Crippen LogP contribution in [0.15, 0.2) is 6.20 Å². The van der Waals surface area contributed by atoms with Gasteiger partial charge < -0.3 is 15.6 Å². The largest absolute Gasteiger partial charge is 0.394 e. The Morgan fingerprint density at radius 2 is 2.54 bits per heavy atom. The number of aliphatic hydroxyl groups excluding tert-OH is 1. The van der Waals surface area contributed by atoms with Crippen molar-refractivity contribution in [2.24, 2.45) is 0 Å². The first kappa shape index (κ1) is 8.46. The molecule has 1 aromatic rings. The van der Waals surface area contributed by atoms with Crippen molar-refractivity contribution < 1.29 is 9.84 Å². The van der Waals surface area contributed by atoms with Gasteiger partial charge in [-0.15, -0.1) is 5.10 Å². The van der Waals surface area contributed by atoms with Crippen LogP contribution in [0.1, 0.15) is 19.1 Å². The number of hydrogen-bond donors (Lipinski definition) is 2. The van der Waals surface area contributed by atoms with E-state index in [1.54, 1.807) is 10.9 Å². The van der Waals surface area contributed by atoms with Crippen molar-refractivity contribution >= 4 is 5.82 Å². The number of aromatic nitrogens is 3. The van der Waals surface area contributed by atoms with E-state index in [2.05, 4.69) is 10.3 Å². The maximum atomic E-state index is 8.84.